The molecule has 0 radical (unpaired) electrons. The molecule has 9 nitrogen and oxygen atoms in total. The highest BCUT2D eigenvalue weighted by Gasteiger charge is 2.62. The van der Waals surface area contributed by atoms with Gasteiger partial charge in [-0.2, -0.15) is 18.4 Å². The van der Waals surface area contributed by atoms with E-state index in [1.807, 2.05) is 31.2 Å². The van der Waals surface area contributed by atoms with Gasteiger partial charge >= 0.3 is 12.1 Å². The van der Waals surface area contributed by atoms with E-state index in [4.69, 9.17) is 10.1 Å². The molecule has 0 bridgehead atoms. The van der Waals surface area contributed by atoms with E-state index in [9.17, 15) is 27.6 Å². The van der Waals surface area contributed by atoms with Crippen molar-refractivity contribution in [2.24, 2.45) is 34.3 Å². The molecule has 4 N–H and O–H groups in total. The summed E-state index contributed by atoms with van der Waals surface area (Å²) in [6, 6.07) is 8.74. The molecule has 1 aromatic heterocycles. The monoisotopic (exact) mass is 591 g/mol. The van der Waals surface area contributed by atoms with Crippen LogP contribution < -0.4 is 16.6 Å². The second kappa shape index (κ2) is 13.0. The van der Waals surface area contributed by atoms with Gasteiger partial charge in [-0.25, -0.2) is 0 Å². The lowest BCUT2D eigenvalue weighted by molar-refractivity contribution is -0.169. The molecule has 0 spiro atoms. The Morgan fingerprint density at radius 2 is 1.76 bits per heavy atom. The summed E-state index contributed by atoms with van der Waals surface area (Å²) in [5.74, 6) is -0.233. The number of benzene rings is 1. The number of amides is 3. The molecule has 230 valence electrons. The first-order valence-corrected chi connectivity index (χ1v) is 13.6. The van der Waals surface area contributed by atoms with Crippen LogP contribution in [0.1, 0.15) is 52.7 Å². The molecule has 1 saturated carbocycles. The number of H-pyrrole nitrogens is 1. The van der Waals surface area contributed by atoms with Crippen molar-refractivity contribution in [2.45, 2.75) is 67.1 Å². The molecule has 1 aromatic carbocycles. The van der Waals surface area contributed by atoms with Crippen LogP contribution in [0.4, 0.5) is 13.2 Å². The first-order chi connectivity index (χ1) is 19.2. The van der Waals surface area contributed by atoms with Crippen molar-refractivity contribution in [2.75, 3.05) is 13.1 Å². The van der Waals surface area contributed by atoms with E-state index in [1.165, 1.54) is 0 Å². The number of nitrogens with zero attached hydrogens (tertiary/aromatic N) is 2. The van der Waals surface area contributed by atoms with Crippen LogP contribution in [0.3, 0.4) is 0 Å². The number of aromatic nitrogens is 1. The van der Waals surface area contributed by atoms with Gasteiger partial charge in [0, 0.05) is 36.5 Å². The number of aryl methyl sites for hydroxylation is 1. The fraction of sp³-hybridized carbons (Fsp3) is 0.567. The highest BCUT2D eigenvalue weighted by atomic mass is 19.4. The Labute approximate surface area is 243 Å². The van der Waals surface area contributed by atoms with Crippen molar-refractivity contribution in [1.82, 2.24) is 15.2 Å². The Hall–Kier alpha value is -3.88. The van der Waals surface area contributed by atoms with Gasteiger partial charge in [0.1, 0.15) is 6.04 Å². The zero-order chi connectivity index (χ0) is 32.2. The molecule has 2 heterocycles. The molecule has 3 amide bonds. The van der Waals surface area contributed by atoms with E-state index in [0.29, 0.717) is 23.3 Å². The molecule has 12 heteroatoms. The second-order valence-corrected chi connectivity index (χ2v) is 12.6. The number of rotatable bonds is 5. The lowest BCUT2D eigenvalue weighted by Crippen LogP contribution is -2.40. The van der Waals surface area contributed by atoms with Crippen LogP contribution in [0.2, 0.25) is 0 Å². The SMILES string of the molecule is CC(C(=O)N1CC2[C@H](C1)C2(C)C)C(C)(C)C.Cc1ccc2[nH]c(=O)c(C[C@@H](C#N)NC=O)cc2c1.NC(=O)C(F)(F)F. The average molecular weight is 592 g/mol. The smallest absolute Gasteiger partial charge is 0.362 e. The number of hydrogen-bond acceptors (Lipinski definition) is 5. The Kier molecular flexibility index (Phi) is 10.6. The number of nitrogens with one attached hydrogen (secondary N) is 2. The Bertz CT molecular complexity index is 1390. The number of nitriles is 1. The lowest BCUT2D eigenvalue weighted by Gasteiger charge is -2.31. The van der Waals surface area contributed by atoms with Crippen molar-refractivity contribution in [3.05, 3.63) is 45.7 Å². The van der Waals surface area contributed by atoms with Gasteiger partial charge in [-0.1, -0.05) is 53.2 Å². The van der Waals surface area contributed by atoms with E-state index in [-0.39, 0.29) is 23.3 Å². The quantitative estimate of drug-likeness (QED) is 0.452. The maximum atomic E-state index is 12.3. The number of halogens is 3. The predicted molar refractivity (Wildman–Crippen MR) is 153 cm³/mol. The number of piperidine rings is 1. The number of primary amides is 1. The van der Waals surface area contributed by atoms with Crippen LogP contribution in [-0.4, -0.2) is 53.4 Å². The zero-order valence-electron chi connectivity index (χ0n) is 25.1. The fourth-order valence-corrected chi connectivity index (χ4v) is 4.92. The number of pyridine rings is 1. The normalized spacial score (nSPS) is 20.0. The summed E-state index contributed by atoms with van der Waals surface area (Å²) in [6.07, 6.45) is -4.21. The van der Waals surface area contributed by atoms with Crippen LogP contribution in [0.25, 0.3) is 10.9 Å². The minimum Gasteiger partial charge on any atom is -0.362 e. The van der Waals surface area contributed by atoms with E-state index < -0.39 is 18.1 Å². The summed E-state index contributed by atoms with van der Waals surface area (Å²) in [5.41, 5.74) is 6.49. The topological polar surface area (TPSA) is 149 Å². The summed E-state index contributed by atoms with van der Waals surface area (Å²) in [5, 5.41) is 12.2. The van der Waals surface area contributed by atoms with Gasteiger partial charge in [-0.05, 0) is 53.2 Å². The van der Waals surface area contributed by atoms with E-state index in [1.54, 1.807) is 6.07 Å². The number of likely N-dealkylation sites (tertiary alicyclic amines) is 1. The molecular formula is C30H40F3N5O4. The minimum absolute atomic E-state index is 0.0827. The van der Waals surface area contributed by atoms with Crippen LogP contribution >= 0.6 is 0 Å². The van der Waals surface area contributed by atoms with Gasteiger partial charge in [-0.15, -0.1) is 0 Å². The largest absolute Gasteiger partial charge is 0.470 e. The first-order valence-electron chi connectivity index (χ1n) is 13.6. The van der Waals surface area contributed by atoms with Crippen LogP contribution in [-0.2, 0) is 20.8 Å². The third-order valence-electron chi connectivity index (χ3n) is 8.31. The number of fused-ring (bicyclic) bond motifs is 2. The Morgan fingerprint density at radius 1 is 1.21 bits per heavy atom. The highest BCUT2D eigenvalue weighted by molar-refractivity contribution is 5.80. The second-order valence-electron chi connectivity index (χ2n) is 12.6. The van der Waals surface area contributed by atoms with Crippen LogP contribution in [0.15, 0.2) is 29.1 Å². The van der Waals surface area contributed by atoms with Crippen molar-refractivity contribution in [1.29, 1.82) is 5.26 Å². The maximum absolute atomic E-state index is 12.3. The Morgan fingerprint density at radius 3 is 2.21 bits per heavy atom. The molecule has 4 atom stereocenters. The third kappa shape index (κ3) is 8.57. The van der Waals surface area contributed by atoms with E-state index >= 15 is 0 Å². The molecule has 2 fully saturated rings. The van der Waals surface area contributed by atoms with Crippen molar-refractivity contribution >= 4 is 29.1 Å². The number of nitrogens with two attached hydrogens (primary N) is 1. The molecule has 2 aliphatic rings. The number of carbonyl (C=O) groups is 3. The highest BCUT2D eigenvalue weighted by Crippen LogP contribution is 2.62. The molecule has 1 saturated heterocycles. The van der Waals surface area contributed by atoms with E-state index in [2.05, 4.69) is 62.5 Å². The number of aromatic amines is 1. The Balaban J connectivity index is 0.000000243. The van der Waals surface area contributed by atoms with Gasteiger partial charge < -0.3 is 20.9 Å². The number of hydrogen-bond donors (Lipinski definition) is 3. The zero-order valence-corrected chi connectivity index (χ0v) is 25.1. The maximum Gasteiger partial charge on any atom is 0.470 e. The average Bonchev–Trinajstić information content (AvgIpc) is 3.19. The van der Waals surface area contributed by atoms with Gasteiger partial charge in [0.15, 0.2) is 0 Å². The van der Waals surface area contributed by atoms with Gasteiger partial charge in [-0.3, -0.25) is 19.2 Å². The molecular weight excluding hydrogens is 551 g/mol. The summed E-state index contributed by atoms with van der Waals surface area (Å²) >= 11 is 0. The molecule has 2 unspecified atom stereocenters. The van der Waals surface area contributed by atoms with Crippen LogP contribution in [0, 0.1) is 46.8 Å². The first kappa shape index (κ1) is 34.3. The number of carbonyl (C=O) groups excluding carboxylic acids is 3. The predicted octanol–water partition coefficient (Wildman–Crippen LogP) is 3.83. The van der Waals surface area contributed by atoms with Gasteiger partial charge in [0.2, 0.25) is 12.3 Å². The third-order valence-corrected chi connectivity index (χ3v) is 8.31. The molecule has 1 aliphatic carbocycles. The molecule has 42 heavy (non-hydrogen) atoms. The lowest BCUT2D eigenvalue weighted by atomic mass is 9.81. The van der Waals surface area contributed by atoms with Crippen molar-refractivity contribution < 1.29 is 27.6 Å². The van der Waals surface area contributed by atoms with Crippen molar-refractivity contribution in [3.63, 3.8) is 0 Å². The summed E-state index contributed by atoms with van der Waals surface area (Å²) < 4.78 is 32.1. The van der Waals surface area contributed by atoms with Crippen molar-refractivity contribution in [3.8, 4) is 6.07 Å². The summed E-state index contributed by atoms with van der Waals surface area (Å²) in [4.78, 5) is 48.5. The summed E-state index contributed by atoms with van der Waals surface area (Å²) in [7, 11) is 0. The summed E-state index contributed by atoms with van der Waals surface area (Å²) in [6.45, 7) is 17.1. The molecule has 4 rings (SSSR count). The minimum atomic E-state index is -4.86. The molecule has 2 aromatic rings. The van der Waals surface area contributed by atoms with Gasteiger partial charge in [0.25, 0.3) is 5.56 Å². The van der Waals surface area contributed by atoms with Gasteiger partial charge in [0.05, 0.1) is 6.07 Å². The van der Waals surface area contributed by atoms with E-state index in [0.717, 1.165) is 41.4 Å². The molecule has 1 aliphatic heterocycles. The standard InChI is InChI=1S/C14H13N3O2.C14H25NO.C2H2F3NO/c1-9-2-3-13-10(4-9)5-11(14(19)17-13)6-12(7-15)16-8-18;1-9(13(2,3)4)12(16)15-7-10-11(8-15)14(10,5)6;3-2(4,5)1(6)7/h2-5,8,12H,6H2,1H3,(H,16,18)(H,17,19);9-11H,7-8H2,1-6H3;(H2,6,7)/t12-;9?,10-,11?;/m00./s1. The fourth-order valence-electron chi connectivity index (χ4n) is 4.92. The van der Waals surface area contributed by atoms with Crippen LogP contribution in [0.5, 0.6) is 0 Å². The number of alkyl halides is 3.